The van der Waals surface area contributed by atoms with Crippen molar-refractivity contribution in [1.29, 1.82) is 0 Å². The quantitative estimate of drug-likeness (QED) is 0.0436. The number of hydrogen-bond donors (Lipinski definition) is 12. The molecular formula is C61H94N12O16. The number of nitrogens with two attached hydrogens (primary N) is 5. The van der Waals surface area contributed by atoms with Gasteiger partial charge in [-0.1, -0.05) is 132 Å². The number of carboxylic acid groups (broad SMARTS) is 2. The van der Waals surface area contributed by atoms with Gasteiger partial charge in [0.05, 0.1) is 38.1 Å². The fourth-order valence-electron chi connectivity index (χ4n) is 10.3. The lowest BCUT2D eigenvalue weighted by Crippen LogP contribution is -2.59. The summed E-state index contributed by atoms with van der Waals surface area (Å²) in [4.78, 5) is 141. The number of hydrogen-bond acceptors (Lipinski definition) is 16. The van der Waals surface area contributed by atoms with Crippen molar-refractivity contribution in [1.82, 2.24) is 36.4 Å². The van der Waals surface area contributed by atoms with Crippen molar-refractivity contribution < 1.29 is 77.2 Å². The van der Waals surface area contributed by atoms with E-state index in [1.165, 1.54) is 49.8 Å². The van der Waals surface area contributed by atoms with Gasteiger partial charge < -0.3 is 84.7 Å². The maximum atomic E-state index is 12.8. The largest absolute Gasteiger partial charge is 0.480 e. The third-order valence-corrected chi connectivity index (χ3v) is 15.3. The van der Waals surface area contributed by atoms with Gasteiger partial charge in [0.1, 0.15) is 42.7 Å². The highest BCUT2D eigenvalue weighted by Crippen LogP contribution is 2.31. The van der Waals surface area contributed by atoms with E-state index >= 15 is 0 Å². The van der Waals surface area contributed by atoms with Gasteiger partial charge in [0.2, 0.25) is 59.1 Å². The molecule has 17 N–H and O–H groups in total. The number of piperidine rings is 2. The Bertz CT molecular complexity index is 2550. The van der Waals surface area contributed by atoms with Gasteiger partial charge in [-0.3, -0.25) is 47.9 Å². The minimum absolute atomic E-state index is 0.00936. The van der Waals surface area contributed by atoms with E-state index in [4.69, 9.17) is 48.4 Å². The number of fused-ring (bicyclic) bond motifs is 2. The van der Waals surface area contributed by atoms with Crippen molar-refractivity contribution in [2.45, 2.75) is 203 Å². The molecule has 4 heterocycles. The molecule has 89 heavy (non-hydrogen) atoms. The summed E-state index contributed by atoms with van der Waals surface area (Å²) < 4.78 is 11.0. The van der Waals surface area contributed by atoms with Gasteiger partial charge in [0.15, 0.2) is 0 Å². The zero-order valence-electron chi connectivity index (χ0n) is 51.4. The van der Waals surface area contributed by atoms with Gasteiger partial charge in [-0.2, -0.15) is 0 Å². The van der Waals surface area contributed by atoms with Crippen LogP contribution in [0.3, 0.4) is 0 Å². The maximum Gasteiger partial charge on any atom is 0.326 e. The second-order valence-electron chi connectivity index (χ2n) is 22.4. The number of likely N-dealkylation sites (N-methyl/N-ethyl adjacent to an activating group) is 2. The molecule has 0 aliphatic carbocycles. The van der Waals surface area contributed by atoms with Crippen LogP contribution in [0.5, 0.6) is 0 Å². The molecule has 4 aliphatic rings. The molecule has 2 aromatic carbocycles. The Kier molecular flexibility index (Phi) is 34.2. The van der Waals surface area contributed by atoms with Crippen LogP contribution in [0.15, 0.2) is 60.7 Å². The molecule has 4 aliphatic heterocycles. The number of nitrogens with one attached hydrogen (secondary N) is 5. The molecule has 6 rings (SSSR count). The van der Waals surface area contributed by atoms with Gasteiger partial charge in [0.25, 0.3) is 0 Å². The first-order valence-electron chi connectivity index (χ1n) is 30.5. The molecule has 28 heteroatoms. The molecule has 4 saturated heterocycles. The van der Waals surface area contributed by atoms with E-state index in [9.17, 15) is 57.5 Å². The van der Waals surface area contributed by atoms with Crippen LogP contribution < -0.4 is 55.3 Å². The lowest BCUT2D eigenvalue weighted by atomic mass is 9.97. The summed E-state index contributed by atoms with van der Waals surface area (Å²) in [6, 6.07) is 11.6. The molecule has 0 spiro atoms. The number of ether oxygens (including phenoxy) is 2. The number of carbonyl (C=O) groups is 12. The van der Waals surface area contributed by atoms with Crippen molar-refractivity contribution in [3.63, 3.8) is 0 Å². The van der Waals surface area contributed by atoms with E-state index in [1.807, 2.05) is 6.92 Å². The summed E-state index contributed by atoms with van der Waals surface area (Å²) in [5.41, 5.74) is 27.4. The maximum absolute atomic E-state index is 12.8. The second-order valence-corrected chi connectivity index (χ2v) is 22.4. The first kappa shape index (κ1) is 75.2. The topological polar surface area (TPSA) is 460 Å². The first-order valence-corrected chi connectivity index (χ1v) is 30.5. The van der Waals surface area contributed by atoms with Crippen molar-refractivity contribution in [3.05, 3.63) is 71.8 Å². The van der Waals surface area contributed by atoms with Gasteiger partial charge in [-0.25, -0.2) is 9.59 Å². The smallest absolute Gasteiger partial charge is 0.326 e. The van der Waals surface area contributed by atoms with E-state index in [2.05, 4.69) is 26.6 Å². The predicted molar refractivity (Wildman–Crippen MR) is 325 cm³/mol. The number of benzene rings is 2. The van der Waals surface area contributed by atoms with E-state index < -0.39 is 77.9 Å². The van der Waals surface area contributed by atoms with Crippen molar-refractivity contribution in [3.8, 4) is 0 Å². The lowest BCUT2D eigenvalue weighted by Gasteiger charge is -2.35. The zero-order chi connectivity index (χ0) is 66.0. The predicted octanol–water partition coefficient (Wildman–Crippen LogP) is 0.229. The number of rotatable bonds is 32. The summed E-state index contributed by atoms with van der Waals surface area (Å²) >= 11 is 0. The molecule has 0 radical (unpaired) electrons. The van der Waals surface area contributed by atoms with Gasteiger partial charge in [-0.05, 0) is 49.7 Å². The first-order chi connectivity index (χ1) is 42.4. The van der Waals surface area contributed by atoms with Crippen LogP contribution in [0, 0.1) is 5.92 Å². The van der Waals surface area contributed by atoms with E-state index in [-0.39, 0.29) is 86.1 Å². The molecule has 28 nitrogen and oxygen atoms in total. The highest BCUT2D eigenvalue weighted by atomic mass is 16.5. The molecule has 494 valence electrons. The Balaban J connectivity index is 0.000000326. The van der Waals surface area contributed by atoms with Crippen LogP contribution in [0.1, 0.15) is 146 Å². The van der Waals surface area contributed by atoms with Crippen molar-refractivity contribution >= 4 is 71.0 Å². The molecule has 2 unspecified atom stereocenters. The van der Waals surface area contributed by atoms with Crippen LogP contribution in [-0.2, 0) is 79.8 Å². The van der Waals surface area contributed by atoms with E-state index in [0.29, 0.717) is 32.3 Å². The summed E-state index contributed by atoms with van der Waals surface area (Å²) in [6.45, 7) is 2.43. The Labute approximate surface area is 519 Å². The van der Waals surface area contributed by atoms with Gasteiger partial charge in [0, 0.05) is 45.7 Å². The molecule has 0 aromatic heterocycles. The van der Waals surface area contributed by atoms with Crippen LogP contribution in [-0.4, -0.2) is 173 Å². The normalized spacial score (nSPS) is 20.2. The molecule has 4 fully saturated rings. The molecule has 0 bridgehead atoms. The number of carboxylic acids is 2. The van der Waals surface area contributed by atoms with Crippen LogP contribution in [0.25, 0.3) is 0 Å². The Morgan fingerprint density at radius 2 is 0.899 bits per heavy atom. The third-order valence-electron chi connectivity index (χ3n) is 15.3. The average molecular weight is 1250 g/mol. The lowest BCUT2D eigenvalue weighted by molar-refractivity contribution is -0.150. The average Bonchev–Trinajstić information content (AvgIpc) is 1.83. The fourth-order valence-corrected chi connectivity index (χ4v) is 10.3. The Hall–Kier alpha value is -8.08. The van der Waals surface area contributed by atoms with Gasteiger partial charge in [-0.15, -0.1) is 0 Å². The number of aliphatic carboxylic acids is 2. The van der Waals surface area contributed by atoms with E-state index in [0.717, 1.165) is 56.1 Å². The van der Waals surface area contributed by atoms with Gasteiger partial charge >= 0.3 is 11.9 Å². The minimum Gasteiger partial charge on any atom is -0.480 e. The van der Waals surface area contributed by atoms with Crippen LogP contribution in [0.2, 0.25) is 0 Å². The molecule has 10 atom stereocenters. The summed E-state index contributed by atoms with van der Waals surface area (Å²) in [5.74, 6) is -6.06. The second kappa shape index (κ2) is 40.5. The molecular weight excluding hydrogens is 1160 g/mol. The van der Waals surface area contributed by atoms with Crippen molar-refractivity contribution in [2.75, 3.05) is 27.3 Å². The van der Waals surface area contributed by atoms with Crippen LogP contribution in [0.4, 0.5) is 0 Å². The number of primary amides is 3. The van der Waals surface area contributed by atoms with Crippen molar-refractivity contribution in [2.24, 2.45) is 34.6 Å². The summed E-state index contributed by atoms with van der Waals surface area (Å²) in [6.07, 6.45) is 16.4. The highest BCUT2D eigenvalue weighted by molar-refractivity contribution is 5.94. The SMILES string of the molecule is CNC(=O)C1CO[C@H]2CC[C@H](NC(=O)CCCCCCCCCCCCCCC(N)=O)C(=O)N12.CNC(=O)[C@@H]1CO[C@H]2CCC(C)C(=O)N21.NC(=O)C[C@H](N)C(=O)N[C@@H](Cc1ccccc1)C(=O)O.NC(=O)C[C@H](N)C(=O)N[C@@H](Cc1ccccc1)C(=O)O. The van der Waals surface area contributed by atoms with Crippen LogP contribution >= 0.6 is 0 Å². The monoisotopic (exact) mass is 1250 g/mol. The Morgan fingerprint density at radius 3 is 1.27 bits per heavy atom. The summed E-state index contributed by atoms with van der Waals surface area (Å²) in [7, 11) is 3.12. The number of carbonyl (C=O) groups excluding carboxylic acids is 10. The van der Waals surface area contributed by atoms with E-state index in [1.54, 1.807) is 79.7 Å². The number of unbranched alkanes of at least 4 members (excludes halogenated alkanes) is 11. The molecule has 10 amide bonds. The molecule has 0 saturated carbocycles. The minimum atomic E-state index is -1.17. The zero-order valence-corrected chi connectivity index (χ0v) is 51.4. The fraction of sp³-hybridized carbons (Fsp3) is 0.607. The standard InChI is InChI=1S/C25H44N4O5.2C13H17N3O4.C10H16N2O3/c1-27-24(32)20-18-34-23-17-16-19(25(33)29(20)23)28-22(31)15-13-11-9-7-5-3-2-4-6-8-10-12-14-21(26)30;2*14-9(7-11(15)17)12(18)16-10(13(19)20)6-8-4-2-1-3-5-8;1-6-3-4-8-12(10(6)14)7(5-15-8)9(13)11-2/h19-20,23H,2-18H2,1H3,(H2,26,30)(H,27,32)(H,28,31);2*1-5,9-10H,6-7,14H2,(H2,15,17)(H,16,18)(H,19,20);6-8H,3-5H2,1-2H3,(H,11,13)/t19-,20?,23-;2*9-,10-;6?,7-,8-/m0000/s1. The number of nitrogens with zero attached hydrogens (tertiary/aromatic N) is 2. The Morgan fingerprint density at radius 1 is 0.528 bits per heavy atom. The highest BCUT2D eigenvalue weighted by Gasteiger charge is 2.48. The number of amides is 10. The third kappa shape index (κ3) is 27.5. The summed E-state index contributed by atoms with van der Waals surface area (Å²) in [5, 5.41) is 30.8. The molecule has 2 aromatic rings.